The average molecular weight is 426 g/mol. The molecule has 0 fully saturated rings. The number of benzene rings is 2. The van der Waals surface area contributed by atoms with Gasteiger partial charge in [-0.2, -0.15) is 0 Å². The number of carbonyl (C=O) groups is 3. The number of ether oxygens (including phenoxy) is 4. The number of hydrogen-bond donors (Lipinski definition) is 1. The van der Waals surface area contributed by atoms with E-state index in [9.17, 15) is 19.5 Å². The van der Waals surface area contributed by atoms with Crippen molar-refractivity contribution in [3.63, 3.8) is 0 Å². The summed E-state index contributed by atoms with van der Waals surface area (Å²) in [7, 11) is 5.52. The molecule has 3 rings (SSSR count). The number of ketones is 2. The molecule has 0 unspecified atom stereocenters. The number of allylic oxidation sites excluding steroid dienone is 1. The maximum absolute atomic E-state index is 13.0. The number of fused-ring (bicyclic) bond motifs is 1. The highest BCUT2D eigenvalue weighted by Crippen LogP contribution is 2.44. The van der Waals surface area contributed by atoms with Gasteiger partial charge in [0.15, 0.2) is 11.5 Å². The highest BCUT2D eigenvalue weighted by atomic mass is 16.5. The van der Waals surface area contributed by atoms with Gasteiger partial charge >= 0.3 is 5.97 Å². The Morgan fingerprint density at radius 1 is 0.903 bits per heavy atom. The van der Waals surface area contributed by atoms with Crippen LogP contribution >= 0.6 is 0 Å². The first kappa shape index (κ1) is 21.9. The molecule has 0 bridgehead atoms. The molecule has 0 amide bonds. The molecule has 8 nitrogen and oxygen atoms in total. The number of aliphatic hydroxyl groups is 1. The number of aliphatic hydroxyl groups excluding tert-OH is 1. The predicted octanol–water partition coefficient (Wildman–Crippen LogP) is 3.09. The van der Waals surface area contributed by atoms with E-state index in [0.717, 1.165) is 0 Å². The molecule has 1 N–H and O–H groups in total. The van der Waals surface area contributed by atoms with Crippen molar-refractivity contribution < 1.29 is 38.4 Å². The predicted molar refractivity (Wildman–Crippen MR) is 111 cm³/mol. The summed E-state index contributed by atoms with van der Waals surface area (Å²) >= 11 is 0. The zero-order valence-corrected chi connectivity index (χ0v) is 17.6. The van der Waals surface area contributed by atoms with Crippen molar-refractivity contribution >= 4 is 23.3 Å². The van der Waals surface area contributed by atoms with Gasteiger partial charge in [0, 0.05) is 17.0 Å². The molecule has 0 aromatic heterocycles. The minimum Gasteiger partial charge on any atom is -0.507 e. The third kappa shape index (κ3) is 3.84. The zero-order chi connectivity index (χ0) is 22.7. The summed E-state index contributed by atoms with van der Waals surface area (Å²) in [5.41, 5.74) is 0.547. The van der Waals surface area contributed by atoms with Crippen molar-refractivity contribution in [2.75, 3.05) is 28.4 Å². The quantitative estimate of drug-likeness (QED) is 0.532. The monoisotopic (exact) mass is 426 g/mol. The van der Waals surface area contributed by atoms with Crippen molar-refractivity contribution in [1.29, 1.82) is 0 Å². The number of Topliss-reactive ketones (excluding diaryl/α,β-unsaturated/α-hetero) is 2. The Morgan fingerprint density at radius 2 is 1.48 bits per heavy atom. The van der Waals surface area contributed by atoms with Crippen LogP contribution in [-0.2, 0) is 14.3 Å². The van der Waals surface area contributed by atoms with Gasteiger partial charge in [0.05, 0.1) is 40.4 Å². The van der Waals surface area contributed by atoms with Gasteiger partial charge < -0.3 is 24.1 Å². The average Bonchev–Trinajstić information content (AvgIpc) is 2.80. The number of hydrogen-bond acceptors (Lipinski definition) is 8. The van der Waals surface area contributed by atoms with Crippen LogP contribution in [0.2, 0.25) is 0 Å². The molecular weight excluding hydrogens is 404 g/mol. The number of rotatable bonds is 7. The molecule has 1 aliphatic carbocycles. The summed E-state index contributed by atoms with van der Waals surface area (Å²) in [6.07, 6.45) is -0.296. The standard InChI is InChI=1S/C23H22O8/c1-28-16-9-12(10-17(29-2)23(16)31-4)15(11-18(24)30-3)19-20(25)13-7-5-6-8-14(13)21(26)22(19)27/h5-10,15,25H,11H2,1-4H3/t15-/m1/s1. The molecule has 31 heavy (non-hydrogen) atoms. The van der Waals surface area contributed by atoms with Crippen molar-refractivity contribution in [3.05, 3.63) is 58.7 Å². The fourth-order valence-electron chi connectivity index (χ4n) is 3.65. The van der Waals surface area contributed by atoms with Crippen LogP contribution in [0, 0.1) is 0 Å². The van der Waals surface area contributed by atoms with Gasteiger partial charge in [-0.25, -0.2) is 0 Å². The van der Waals surface area contributed by atoms with Crippen LogP contribution in [0.15, 0.2) is 42.0 Å². The summed E-state index contributed by atoms with van der Waals surface area (Å²) in [6.45, 7) is 0. The highest BCUT2D eigenvalue weighted by Gasteiger charge is 2.39. The topological polar surface area (TPSA) is 108 Å². The fourth-order valence-corrected chi connectivity index (χ4v) is 3.65. The zero-order valence-electron chi connectivity index (χ0n) is 17.6. The molecule has 1 aliphatic rings. The second kappa shape index (κ2) is 8.91. The first-order valence-electron chi connectivity index (χ1n) is 9.36. The Hall–Kier alpha value is -3.81. The first-order valence-corrected chi connectivity index (χ1v) is 9.36. The second-order valence-electron chi connectivity index (χ2n) is 6.76. The molecule has 0 saturated heterocycles. The van der Waals surface area contributed by atoms with Crippen LogP contribution in [-0.4, -0.2) is 51.1 Å². The summed E-state index contributed by atoms with van der Waals surface area (Å²) in [5.74, 6) is -2.72. The first-order chi connectivity index (χ1) is 14.9. The lowest BCUT2D eigenvalue weighted by molar-refractivity contribution is -0.140. The maximum atomic E-state index is 13.0. The van der Waals surface area contributed by atoms with Crippen molar-refractivity contribution in [2.45, 2.75) is 12.3 Å². The van der Waals surface area contributed by atoms with E-state index in [1.165, 1.54) is 34.5 Å². The summed E-state index contributed by atoms with van der Waals surface area (Å²) < 4.78 is 20.8. The Balaban J connectivity index is 2.27. The largest absolute Gasteiger partial charge is 0.507 e. The molecule has 8 heteroatoms. The van der Waals surface area contributed by atoms with E-state index >= 15 is 0 Å². The minimum absolute atomic E-state index is 0.107. The lowest BCUT2D eigenvalue weighted by Crippen LogP contribution is -2.28. The summed E-state index contributed by atoms with van der Waals surface area (Å²) in [6, 6.07) is 9.38. The van der Waals surface area contributed by atoms with Gasteiger partial charge in [0.25, 0.3) is 0 Å². The van der Waals surface area contributed by atoms with Crippen molar-refractivity contribution in [2.24, 2.45) is 0 Å². The Bertz CT molecular complexity index is 1060. The van der Waals surface area contributed by atoms with Crippen molar-refractivity contribution in [1.82, 2.24) is 0 Å². The van der Waals surface area contributed by atoms with Crippen molar-refractivity contribution in [3.8, 4) is 17.2 Å². The van der Waals surface area contributed by atoms with E-state index in [2.05, 4.69) is 0 Å². The lowest BCUT2D eigenvalue weighted by atomic mass is 9.78. The highest BCUT2D eigenvalue weighted by molar-refractivity contribution is 6.52. The molecule has 0 saturated carbocycles. The molecule has 2 aromatic carbocycles. The molecule has 1 atom stereocenters. The van der Waals surface area contributed by atoms with Crippen LogP contribution < -0.4 is 14.2 Å². The SMILES string of the molecule is COC(=O)C[C@@H](C1=C(O)c2ccccc2C(=O)C1=O)c1cc(OC)c(OC)c(OC)c1. The molecule has 0 aliphatic heterocycles. The van der Waals surface area contributed by atoms with E-state index in [0.29, 0.717) is 22.8 Å². The van der Waals surface area contributed by atoms with Gasteiger partial charge in [-0.05, 0) is 17.7 Å². The van der Waals surface area contributed by atoms with Crippen LogP contribution in [0.5, 0.6) is 17.2 Å². The van der Waals surface area contributed by atoms with Gasteiger partial charge in [0.2, 0.25) is 17.3 Å². The van der Waals surface area contributed by atoms with Crippen LogP contribution in [0.25, 0.3) is 5.76 Å². The van der Waals surface area contributed by atoms with Crippen LogP contribution in [0.3, 0.4) is 0 Å². The third-order valence-electron chi connectivity index (χ3n) is 5.17. The lowest BCUT2D eigenvalue weighted by Gasteiger charge is -2.25. The van der Waals surface area contributed by atoms with Crippen LogP contribution in [0.4, 0.5) is 0 Å². The van der Waals surface area contributed by atoms with E-state index in [1.807, 2.05) is 0 Å². The summed E-state index contributed by atoms with van der Waals surface area (Å²) in [5, 5.41) is 10.9. The normalized spacial score (nSPS) is 14.1. The van der Waals surface area contributed by atoms with Gasteiger partial charge in [-0.15, -0.1) is 0 Å². The maximum Gasteiger partial charge on any atom is 0.306 e. The van der Waals surface area contributed by atoms with Gasteiger partial charge in [0.1, 0.15) is 5.76 Å². The molecule has 162 valence electrons. The molecular formula is C23H22O8. The second-order valence-corrected chi connectivity index (χ2v) is 6.76. The minimum atomic E-state index is -0.994. The van der Waals surface area contributed by atoms with Gasteiger partial charge in [-0.1, -0.05) is 24.3 Å². The van der Waals surface area contributed by atoms with E-state index in [-0.39, 0.29) is 28.9 Å². The Kier molecular flexibility index (Phi) is 6.29. The number of methoxy groups -OCH3 is 4. The number of carbonyl (C=O) groups excluding carboxylic acids is 3. The van der Waals surface area contributed by atoms with Gasteiger partial charge in [-0.3, -0.25) is 14.4 Å². The Labute approximate surface area is 179 Å². The molecule has 0 heterocycles. The van der Waals surface area contributed by atoms with Crippen LogP contribution in [0.1, 0.15) is 33.8 Å². The van der Waals surface area contributed by atoms with E-state index in [4.69, 9.17) is 18.9 Å². The number of esters is 1. The molecule has 0 spiro atoms. The van der Waals surface area contributed by atoms with E-state index < -0.39 is 23.5 Å². The smallest absolute Gasteiger partial charge is 0.306 e. The summed E-state index contributed by atoms with van der Waals surface area (Å²) in [4.78, 5) is 37.9. The van der Waals surface area contributed by atoms with E-state index in [1.54, 1.807) is 30.3 Å². The Morgan fingerprint density at radius 3 is 2.00 bits per heavy atom. The fraction of sp³-hybridized carbons (Fsp3) is 0.261. The molecule has 0 radical (unpaired) electrons. The molecule has 2 aromatic rings. The third-order valence-corrected chi connectivity index (χ3v) is 5.17.